The van der Waals surface area contributed by atoms with E-state index in [1.165, 1.54) is 218 Å². The number of ether oxygens (including phenoxy) is 2. The molecule has 3 N–H and O–H groups in total. The first kappa shape index (κ1) is 59.2. The molecule has 0 spiro atoms. The third-order valence-corrected chi connectivity index (χ3v) is 12.7. The van der Waals surface area contributed by atoms with Gasteiger partial charge in [0, 0.05) is 19.6 Å². The van der Waals surface area contributed by atoms with E-state index in [1.807, 2.05) is 0 Å². The summed E-state index contributed by atoms with van der Waals surface area (Å²) in [5.41, 5.74) is 5.39. The number of hydrogen-bond donors (Lipinski definition) is 2. The van der Waals surface area contributed by atoms with Gasteiger partial charge in [0.25, 0.3) is 0 Å². The highest BCUT2D eigenvalue weighted by Crippen LogP contribution is 2.43. The topological polar surface area (TPSA) is 117 Å². The fourth-order valence-electron chi connectivity index (χ4n) is 7.82. The third kappa shape index (κ3) is 48.3. The molecule has 0 heterocycles. The van der Waals surface area contributed by atoms with E-state index in [0.29, 0.717) is 13.0 Å². The first-order chi connectivity index (χ1) is 29.4. The second-order valence-electron chi connectivity index (χ2n) is 17.7. The predicted octanol–water partition coefficient (Wildman–Crippen LogP) is 16.2. The molecule has 0 aromatic heterocycles. The summed E-state index contributed by atoms with van der Waals surface area (Å²) in [6.07, 6.45) is 55.4. The molecule has 0 aliphatic rings. The largest absolute Gasteiger partial charge is 0.472 e. The van der Waals surface area contributed by atoms with E-state index in [2.05, 4.69) is 26.0 Å². The summed E-state index contributed by atoms with van der Waals surface area (Å²) < 4.78 is 33.6. The molecule has 0 bridgehead atoms. The van der Waals surface area contributed by atoms with Crippen molar-refractivity contribution in [2.75, 3.05) is 33.0 Å². The summed E-state index contributed by atoms with van der Waals surface area (Å²) in [7, 11) is -4.28. The molecule has 60 heavy (non-hydrogen) atoms. The summed E-state index contributed by atoms with van der Waals surface area (Å²) in [6, 6.07) is 0. The lowest BCUT2D eigenvalue weighted by atomic mass is 10.0. The van der Waals surface area contributed by atoms with Crippen molar-refractivity contribution in [1.82, 2.24) is 0 Å². The fourth-order valence-corrected chi connectivity index (χ4v) is 8.58. The lowest BCUT2D eigenvalue weighted by Gasteiger charge is -2.20. The van der Waals surface area contributed by atoms with Crippen LogP contribution in [0.15, 0.2) is 12.2 Å². The zero-order valence-corrected chi connectivity index (χ0v) is 40.9. The van der Waals surface area contributed by atoms with Crippen molar-refractivity contribution in [3.8, 4) is 0 Å². The van der Waals surface area contributed by atoms with E-state index in [1.54, 1.807) is 0 Å². The number of carbonyl (C=O) groups excluding carboxylic acids is 1. The Morgan fingerprint density at radius 1 is 0.483 bits per heavy atom. The average molecular weight is 872 g/mol. The number of nitrogens with two attached hydrogens (primary N) is 1. The van der Waals surface area contributed by atoms with E-state index >= 15 is 0 Å². The van der Waals surface area contributed by atoms with E-state index in [4.69, 9.17) is 24.3 Å². The number of rotatable bonds is 51. The quantitative estimate of drug-likeness (QED) is 0.0269. The molecule has 0 aliphatic carbocycles. The Morgan fingerprint density at radius 3 is 1.22 bits per heavy atom. The molecule has 0 radical (unpaired) electrons. The second-order valence-corrected chi connectivity index (χ2v) is 19.2. The molecule has 8 nitrogen and oxygen atoms in total. The molecule has 9 heteroatoms. The van der Waals surface area contributed by atoms with E-state index in [-0.39, 0.29) is 32.3 Å². The van der Waals surface area contributed by atoms with Crippen LogP contribution in [0.2, 0.25) is 0 Å². The van der Waals surface area contributed by atoms with Crippen LogP contribution in [0.3, 0.4) is 0 Å². The summed E-state index contributed by atoms with van der Waals surface area (Å²) in [4.78, 5) is 22.6. The zero-order valence-electron chi connectivity index (χ0n) is 40.0. The molecule has 0 rings (SSSR count). The maximum atomic E-state index is 12.6. The number of carbonyl (C=O) groups is 1. The van der Waals surface area contributed by atoms with Crippen LogP contribution in [0.4, 0.5) is 0 Å². The van der Waals surface area contributed by atoms with Gasteiger partial charge in [-0.3, -0.25) is 13.8 Å². The van der Waals surface area contributed by atoms with Gasteiger partial charge in [-0.15, -0.1) is 0 Å². The van der Waals surface area contributed by atoms with Crippen molar-refractivity contribution < 1.29 is 32.8 Å². The monoisotopic (exact) mass is 872 g/mol. The highest BCUT2D eigenvalue weighted by Gasteiger charge is 2.25. The SMILES string of the molecule is CCCCCCCCC/C=C\CCCCCCCCCC(=O)OC(COCCCCCCCCCCCCCCCCCCCCCCCCC)COP(=O)(O)OCCN. The van der Waals surface area contributed by atoms with Crippen molar-refractivity contribution in [2.45, 2.75) is 277 Å². The number of phosphoric acid groups is 1. The number of unbranched alkanes of at least 4 members (excludes halogenated alkanes) is 36. The minimum Gasteiger partial charge on any atom is -0.457 e. The van der Waals surface area contributed by atoms with Gasteiger partial charge in [0.1, 0.15) is 6.10 Å². The van der Waals surface area contributed by atoms with Gasteiger partial charge >= 0.3 is 13.8 Å². The Labute approximate surface area is 373 Å². The van der Waals surface area contributed by atoms with E-state index in [0.717, 1.165) is 32.1 Å². The van der Waals surface area contributed by atoms with Gasteiger partial charge in [0.05, 0.1) is 19.8 Å². The molecule has 0 aromatic carbocycles. The van der Waals surface area contributed by atoms with Crippen molar-refractivity contribution in [3.63, 3.8) is 0 Å². The normalized spacial score (nSPS) is 13.3. The van der Waals surface area contributed by atoms with Crippen molar-refractivity contribution >= 4 is 13.8 Å². The van der Waals surface area contributed by atoms with Crippen molar-refractivity contribution in [3.05, 3.63) is 12.2 Å². The Hall–Kier alpha value is -0.760. The number of allylic oxidation sites excluding steroid dienone is 2. The fraction of sp³-hybridized carbons (Fsp3) is 0.941. The van der Waals surface area contributed by atoms with Gasteiger partial charge in [0.2, 0.25) is 0 Å². The van der Waals surface area contributed by atoms with Gasteiger partial charge in [-0.05, 0) is 38.5 Å². The Morgan fingerprint density at radius 2 is 0.833 bits per heavy atom. The molecule has 0 aliphatic heterocycles. The maximum absolute atomic E-state index is 12.6. The Balaban J connectivity index is 3.88. The van der Waals surface area contributed by atoms with Gasteiger partial charge in [-0.25, -0.2) is 4.57 Å². The summed E-state index contributed by atoms with van der Waals surface area (Å²) in [5, 5.41) is 0. The lowest BCUT2D eigenvalue weighted by Crippen LogP contribution is -2.28. The van der Waals surface area contributed by atoms with Crippen LogP contribution in [0.25, 0.3) is 0 Å². The highest BCUT2D eigenvalue weighted by molar-refractivity contribution is 7.47. The van der Waals surface area contributed by atoms with Crippen molar-refractivity contribution in [2.24, 2.45) is 5.73 Å². The Kier molecular flexibility index (Phi) is 48.6. The minimum atomic E-state index is -4.28. The number of hydrogen-bond acceptors (Lipinski definition) is 7. The molecule has 0 aromatic rings. The lowest BCUT2D eigenvalue weighted by molar-refractivity contribution is -0.154. The highest BCUT2D eigenvalue weighted by atomic mass is 31.2. The summed E-state index contributed by atoms with van der Waals surface area (Å²) >= 11 is 0. The molecule has 0 saturated heterocycles. The zero-order chi connectivity index (χ0) is 43.7. The van der Waals surface area contributed by atoms with Crippen LogP contribution in [0, 0.1) is 0 Å². The maximum Gasteiger partial charge on any atom is 0.472 e. The van der Waals surface area contributed by atoms with Gasteiger partial charge < -0.3 is 20.1 Å². The van der Waals surface area contributed by atoms with Gasteiger partial charge in [0.15, 0.2) is 0 Å². The minimum absolute atomic E-state index is 0.0926. The van der Waals surface area contributed by atoms with E-state index in [9.17, 15) is 14.3 Å². The first-order valence-corrected chi connectivity index (χ1v) is 27.7. The Bertz CT molecular complexity index is 935. The molecule has 0 amide bonds. The third-order valence-electron chi connectivity index (χ3n) is 11.7. The molecule has 0 fully saturated rings. The summed E-state index contributed by atoms with van der Waals surface area (Å²) in [6.45, 7) is 4.99. The van der Waals surface area contributed by atoms with Crippen LogP contribution in [0.1, 0.15) is 271 Å². The summed E-state index contributed by atoms with van der Waals surface area (Å²) in [5.74, 6) is -0.328. The van der Waals surface area contributed by atoms with Gasteiger partial charge in [-0.2, -0.15) is 0 Å². The molecule has 2 unspecified atom stereocenters. The van der Waals surface area contributed by atoms with Crippen LogP contribution in [-0.2, 0) is 27.9 Å². The smallest absolute Gasteiger partial charge is 0.457 e. The first-order valence-electron chi connectivity index (χ1n) is 26.2. The standard InChI is InChI=1S/C51H102NO7P/c1-3-5-7-9-11-13-15-17-19-21-23-24-25-26-27-29-31-33-35-37-39-41-43-46-56-48-50(49-58-60(54,55)57-47-45-52)59-51(53)44-42-40-38-36-34-32-30-28-22-20-18-16-14-12-10-8-6-4-2/h20,22,50H,3-19,21,23-49,52H2,1-2H3,(H,54,55)/b22-20-. The molecule has 2 atom stereocenters. The number of phosphoric ester groups is 1. The number of esters is 1. The predicted molar refractivity (Wildman–Crippen MR) is 257 cm³/mol. The second kappa shape index (κ2) is 49.3. The van der Waals surface area contributed by atoms with Crippen LogP contribution < -0.4 is 5.73 Å². The van der Waals surface area contributed by atoms with Crippen LogP contribution >= 0.6 is 7.82 Å². The van der Waals surface area contributed by atoms with Crippen LogP contribution in [0.5, 0.6) is 0 Å². The molecule has 0 saturated carbocycles. The molecular formula is C51H102NO7P. The molecule has 358 valence electrons. The van der Waals surface area contributed by atoms with Gasteiger partial charge in [-0.1, -0.05) is 238 Å². The van der Waals surface area contributed by atoms with Crippen LogP contribution in [-0.4, -0.2) is 49.9 Å². The van der Waals surface area contributed by atoms with E-state index < -0.39 is 13.9 Å². The average Bonchev–Trinajstić information content (AvgIpc) is 3.24. The van der Waals surface area contributed by atoms with Crippen molar-refractivity contribution in [1.29, 1.82) is 0 Å². The molecular weight excluding hydrogens is 770 g/mol.